The van der Waals surface area contributed by atoms with Gasteiger partial charge in [-0.2, -0.15) is 5.10 Å². The molecule has 2 heterocycles. The van der Waals surface area contributed by atoms with Crippen LogP contribution in [0, 0.1) is 19.8 Å². The molecule has 0 aliphatic carbocycles. The molecule has 116 valence electrons. The average Bonchev–Trinajstić information content (AvgIpc) is 3.04. The van der Waals surface area contributed by atoms with Crippen LogP contribution in [0.2, 0.25) is 0 Å². The predicted octanol–water partition coefficient (Wildman–Crippen LogP) is 4.26. The van der Waals surface area contributed by atoms with Crippen LogP contribution in [0.15, 0.2) is 34.9 Å². The van der Waals surface area contributed by atoms with Gasteiger partial charge in [0.1, 0.15) is 11.3 Å². The normalized spacial score (nSPS) is 13.1. The van der Waals surface area contributed by atoms with Crippen LogP contribution in [0.25, 0.3) is 11.0 Å². The lowest BCUT2D eigenvalue weighted by atomic mass is 9.98. The summed E-state index contributed by atoms with van der Waals surface area (Å²) in [6, 6.07) is 8.40. The minimum atomic E-state index is 0.176. The Labute approximate surface area is 130 Å². The second-order valence-corrected chi connectivity index (χ2v) is 6.22. The van der Waals surface area contributed by atoms with Gasteiger partial charge >= 0.3 is 0 Å². The van der Waals surface area contributed by atoms with Crippen molar-refractivity contribution in [3.63, 3.8) is 0 Å². The quantitative estimate of drug-likeness (QED) is 0.740. The van der Waals surface area contributed by atoms with Gasteiger partial charge in [-0.15, -0.1) is 0 Å². The average molecular weight is 297 g/mol. The first-order valence-corrected chi connectivity index (χ1v) is 7.78. The second kappa shape index (κ2) is 5.97. The predicted molar refractivity (Wildman–Crippen MR) is 88.7 cm³/mol. The number of aryl methyl sites for hydroxylation is 2. The van der Waals surface area contributed by atoms with Gasteiger partial charge in [-0.1, -0.05) is 32.0 Å². The van der Waals surface area contributed by atoms with Gasteiger partial charge in [0, 0.05) is 11.9 Å². The van der Waals surface area contributed by atoms with Gasteiger partial charge in [-0.25, -0.2) is 0 Å². The highest BCUT2D eigenvalue weighted by Crippen LogP contribution is 2.32. The molecule has 0 aliphatic rings. The maximum Gasteiger partial charge on any atom is 0.134 e. The molecule has 3 aromatic rings. The number of aromatic amines is 1. The van der Waals surface area contributed by atoms with E-state index in [1.165, 1.54) is 16.5 Å². The van der Waals surface area contributed by atoms with Crippen LogP contribution in [0.5, 0.6) is 0 Å². The minimum absolute atomic E-state index is 0.176. The Morgan fingerprint density at radius 3 is 2.64 bits per heavy atom. The van der Waals surface area contributed by atoms with E-state index in [1.54, 1.807) is 0 Å². The fourth-order valence-corrected chi connectivity index (χ4v) is 2.89. The van der Waals surface area contributed by atoms with Crippen molar-refractivity contribution >= 4 is 11.0 Å². The Balaban J connectivity index is 1.89. The number of hydrogen-bond acceptors (Lipinski definition) is 3. The number of nitrogens with one attached hydrogen (secondary N) is 2. The van der Waals surface area contributed by atoms with Gasteiger partial charge in [0.05, 0.1) is 17.9 Å². The molecular formula is C18H23N3O. The van der Waals surface area contributed by atoms with Crippen molar-refractivity contribution in [2.24, 2.45) is 5.92 Å². The molecule has 1 unspecified atom stereocenters. The van der Waals surface area contributed by atoms with Crippen molar-refractivity contribution in [3.8, 4) is 0 Å². The highest BCUT2D eigenvalue weighted by Gasteiger charge is 2.23. The molecule has 0 bridgehead atoms. The first-order chi connectivity index (χ1) is 10.6. The zero-order valence-electron chi connectivity index (χ0n) is 13.6. The number of rotatable bonds is 5. The summed E-state index contributed by atoms with van der Waals surface area (Å²) in [6.45, 7) is 9.39. The van der Waals surface area contributed by atoms with Gasteiger partial charge in [-0.3, -0.25) is 5.10 Å². The fraction of sp³-hybridized carbons (Fsp3) is 0.389. The summed E-state index contributed by atoms with van der Waals surface area (Å²) in [5, 5.41) is 11.9. The molecule has 1 aromatic carbocycles. The van der Waals surface area contributed by atoms with E-state index in [4.69, 9.17) is 4.42 Å². The van der Waals surface area contributed by atoms with E-state index < -0.39 is 0 Å². The van der Waals surface area contributed by atoms with E-state index in [9.17, 15) is 0 Å². The lowest BCUT2D eigenvalue weighted by Crippen LogP contribution is -2.26. The molecule has 0 fully saturated rings. The lowest BCUT2D eigenvalue weighted by molar-refractivity contribution is 0.345. The number of H-pyrrole nitrogens is 1. The topological polar surface area (TPSA) is 53.9 Å². The summed E-state index contributed by atoms with van der Waals surface area (Å²) in [7, 11) is 0. The van der Waals surface area contributed by atoms with E-state index in [-0.39, 0.29) is 6.04 Å². The van der Waals surface area contributed by atoms with E-state index in [0.717, 1.165) is 23.6 Å². The molecule has 4 nitrogen and oxygen atoms in total. The lowest BCUT2D eigenvalue weighted by Gasteiger charge is -2.21. The molecule has 2 aromatic heterocycles. The van der Waals surface area contributed by atoms with Gasteiger partial charge in [-0.05, 0) is 37.0 Å². The van der Waals surface area contributed by atoms with E-state index in [2.05, 4.69) is 55.3 Å². The maximum atomic E-state index is 6.13. The fourth-order valence-electron chi connectivity index (χ4n) is 2.89. The first-order valence-electron chi connectivity index (χ1n) is 7.78. The summed E-state index contributed by atoms with van der Waals surface area (Å²) in [5.74, 6) is 1.47. The number of hydrogen-bond donors (Lipinski definition) is 2. The molecule has 3 rings (SSSR count). The molecule has 0 radical (unpaired) electrons. The van der Waals surface area contributed by atoms with Gasteiger partial charge < -0.3 is 9.73 Å². The number of fused-ring (bicyclic) bond motifs is 1. The van der Waals surface area contributed by atoms with Crippen LogP contribution >= 0.6 is 0 Å². The van der Waals surface area contributed by atoms with E-state index in [0.29, 0.717) is 5.92 Å². The second-order valence-electron chi connectivity index (χ2n) is 6.22. The Hall–Kier alpha value is -2.07. The van der Waals surface area contributed by atoms with Crippen LogP contribution in [0.4, 0.5) is 0 Å². The Morgan fingerprint density at radius 1 is 1.23 bits per heavy atom. The standard InChI is InChI=1S/C18H23N3O/c1-11(2)17(19-10-15-12(3)9-20-21-15)18-13(4)14-7-5-6-8-16(14)22-18/h5-9,11,17,19H,10H2,1-4H3,(H,20,21). The molecule has 2 N–H and O–H groups in total. The van der Waals surface area contributed by atoms with E-state index in [1.807, 2.05) is 18.3 Å². The van der Waals surface area contributed by atoms with E-state index >= 15 is 0 Å². The van der Waals surface area contributed by atoms with Crippen LogP contribution in [0.3, 0.4) is 0 Å². The zero-order valence-corrected chi connectivity index (χ0v) is 13.6. The summed E-state index contributed by atoms with van der Waals surface area (Å²) < 4.78 is 6.13. The number of para-hydroxylation sites is 1. The summed E-state index contributed by atoms with van der Waals surface area (Å²) in [6.07, 6.45) is 1.85. The highest BCUT2D eigenvalue weighted by molar-refractivity contribution is 5.82. The van der Waals surface area contributed by atoms with Crippen molar-refractivity contribution in [3.05, 3.63) is 53.0 Å². The molecule has 0 spiro atoms. The number of aromatic nitrogens is 2. The highest BCUT2D eigenvalue weighted by atomic mass is 16.3. The van der Waals surface area contributed by atoms with Crippen LogP contribution in [-0.2, 0) is 6.54 Å². The molecule has 0 saturated carbocycles. The van der Waals surface area contributed by atoms with Crippen molar-refractivity contribution in [2.45, 2.75) is 40.3 Å². The third-order valence-electron chi connectivity index (χ3n) is 4.26. The van der Waals surface area contributed by atoms with Crippen molar-refractivity contribution < 1.29 is 4.42 Å². The third-order valence-corrected chi connectivity index (χ3v) is 4.26. The van der Waals surface area contributed by atoms with Crippen molar-refractivity contribution in [2.75, 3.05) is 0 Å². The largest absolute Gasteiger partial charge is 0.459 e. The smallest absolute Gasteiger partial charge is 0.134 e. The maximum absolute atomic E-state index is 6.13. The minimum Gasteiger partial charge on any atom is -0.459 e. The molecular weight excluding hydrogens is 274 g/mol. The Morgan fingerprint density at radius 2 is 2.00 bits per heavy atom. The monoisotopic (exact) mass is 297 g/mol. The Bertz CT molecular complexity index is 770. The number of nitrogens with zero attached hydrogens (tertiary/aromatic N) is 1. The molecule has 22 heavy (non-hydrogen) atoms. The summed E-state index contributed by atoms with van der Waals surface area (Å²) in [4.78, 5) is 0. The Kier molecular flexibility index (Phi) is 4.03. The molecule has 4 heteroatoms. The van der Waals surface area contributed by atoms with Crippen LogP contribution in [0.1, 0.15) is 42.5 Å². The summed E-state index contributed by atoms with van der Waals surface area (Å²) in [5.41, 5.74) is 4.49. The molecule has 1 atom stereocenters. The molecule has 0 saturated heterocycles. The van der Waals surface area contributed by atoms with Gasteiger partial charge in [0.2, 0.25) is 0 Å². The number of benzene rings is 1. The summed E-state index contributed by atoms with van der Waals surface area (Å²) >= 11 is 0. The van der Waals surface area contributed by atoms with Gasteiger partial charge in [0.25, 0.3) is 0 Å². The third kappa shape index (κ3) is 2.66. The van der Waals surface area contributed by atoms with Crippen molar-refractivity contribution in [1.29, 1.82) is 0 Å². The SMILES string of the molecule is Cc1cn[nH]c1CNC(c1oc2ccccc2c1C)C(C)C. The van der Waals surface area contributed by atoms with Crippen molar-refractivity contribution in [1.82, 2.24) is 15.5 Å². The zero-order chi connectivity index (χ0) is 15.7. The number of furan rings is 1. The molecule has 0 amide bonds. The first kappa shape index (κ1) is 14.9. The van der Waals surface area contributed by atoms with Crippen LogP contribution in [-0.4, -0.2) is 10.2 Å². The van der Waals surface area contributed by atoms with Crippen LogP contribution < -0.4 is 5.32 Å². The van der Waals surface area contributed by atoms with Gasteiger partial charge in [0.15, 0.2) is 0 Å². The molecule has 0 aliphatic heterocycles.